The number of nitrogen functional groups attached to an aromatic ring is 1. The zero-order valence-electron chi connectivity index (χ0n) is 9.74. The summed E-state index contributed by atoms with van der Waals surface area (Å²) in [6.45, 7) is 2.24. The van der Waals surface area contributed by atoms with E-state index in [4.69, 9.17) is 5.73 Å². The number of benzene rings is 1. The maximum atomic E-state index is 11.8. The molecule has 0 aliphatic heterocycles. The van der Waals surface area contributed by atoms with Crippen molar-refractivity contribution in [1.82, 2.24) is 5.32 Å². The SMILES string of the molecule is CCCC(O)CNC(=O)c1ccc(Br)cc1N. The van der Waals surface area contributed by atoms with E-state index in [1.165, 1.54) is 0 Å². The second kappa shape index (κ2) is 6.61. The number of halogens is 1. The van der Waals surface area contributed by atoms with Gasteiger partial charge in [0.25, 0.3) is 5.91 Å². The highest BCUT2D eigenvalue weighted by Crippen LogP contribution is 2.18. The summed E-state index contributed by atoms with van der Waals surface area (Å²) in [6.07, 6.45) is 1.06. The number of aliphatic hydroxyl groups is 1. The first-order chi connectivity index (χ1) is 8.04. The maximum absolute atomic E-state index is 11.8. The largest absolute Gasteiger partial charge is 0.398 e. The van der Waals surface area contributed by atoms with Crippen molar-refractivity contribution in [2.75, 3.05) is 12.3 Å². The molecule has 0 bridgehead atoms. The smallest absolute Gasteiger partial charge is 0.253 e. The number of hydrogen-bond acceptors (Lipinski definition) is 3. The Bertz CT molecular complexity index is 396. The summed E-state index contributed by atoms with van der Waals surface area (Å²) < 4.78 is 0.831. The number of hydrogen-bond donors (Lipinski definition) is 3. The molecular formula is C12H17BrN2O2. The highest BCUT2D eigenvalue weighted by molar-refractivity contribution is 9.10. The Kier molecular flexibility index (Phi) is 5.44. The van der Waals surface area contributed by atoms with Crippen molar-refractivity contribution in [2.45, 2.75) is 25.9 Å². The van der Waals surface area contributed by atoms with Crippen molar-refractivity contribution in [2.24, 2.45) is 0 Å². The van der Waals surface area contributed by atoms with Crippen LogP contribution in [-0.2, 0) is 0 Å². The molecule has 1 unspecified atom stereocenters. The highest BCUT2D eigenvalue weighted by Gasteiger charge is 2.11. The van der Waals surface area contributed by atoms with Crippen molar-refractivity contribution in [3.63, 3.8) is 0 Å². The fraction of sp³-hybridized carbons (Fsp3) is 0.417. The minimum absolute atomic E-state index is 0.252. The minimum Gasteiger partial charge on any atom is -0.398 e. The number of nitrogens with two attached hydrogens (primary N) is 1. The van der Waals surface area contributed by atoms with Crippen molar-refractivity contribution in [1.29, 1.82) is 0 Å². The molecule has 0 spiro atoms. The molecule has 1 atom stereocenters. The van der Waals surface area contributed by atoms with E-state index < -0.39 is 6.10 Å². The van der Waals surface area contributed by atoms with Crippen LogP contribution in [0.4, 0.5) is 5.69 Å². The van der Waals surface area contributed by atoms with Gasteiger partial charge in [0.15, 0.2) is 0 Å². The molecule has 0 fully saturated rings. The van der Waals surface area contributed by atoms with Gasteiger partial charge in [-0.2, -0.15) is 0 Å². The molecule has 1 aromatic carbocycles. The Balaban J connectivity index is 2.58. The lowest BCUT2D eigenvalue weighted by Gasteiger charge is -2.11. The second-order valence-corrected chi connectivity index (χ2v) is 4.80. The quantitative estimate of drug-likeness (QED) is 0.727. The summed E-state index contributed by atoms with van der Waals surface area (Å²) in [6, 6.07) is 5.09. The number of amides is 1. The van der Waals surface area contributed by atoms with Gasteiger partial charge in [0.05, 0.1) is 11.7 Å². The molecule has 0 saturated carbocycles. The van der Waals surface area contributed by atoms with Crippen LogP contribution in [0.1, 0.15) is 30.1 Å². The second-order valence-electron chi connectivity index (χ2n) is 3.88. The molecule has 94 valence electrons. The minimum atomic E-state index is -0.499. The number of nitrogens with one attached hydrogen (secondary N) is 1. The summed E-state index contributed by atoms with van der Waals surface area (Å²) in [5.41, 5.74) is 6.58. The van der Waals surface area contributed by atoms with Gasteiger partial charge in [-0.25, -0.2) is 0 Å². The third-order valence-corrected chi connectivity index (χ3v) is 2.87. The average molecular weight is 301 g/mol. The Morgan fingerprint density at radius 2 is 2.29 bits per heavy atom. The molecule has 0 radical (unpaired) electrons. The Hall–Kier alpha value is -1.07. The molecule has 1 aromatic rings. The maximum Gasteiger partial charge on any atom is 0.253 e. The molecule has 4 N–H and O–H groups in total. The van der Waals surface area contributed by atoms with E-state index in [9.17, 15) is 9.90 Å². The number of carbonyl (C=O) groups excluding carboxylic acids is 1. The van der Waals surface area contributed by atoms with E-state index in [-0.39, 0.29) is 12.5 Å². The molecule has 0 heterocycles. The van der Waals surface area contributed by atoms with Crippen LogP contribution in [0.2, 0.25) is 0 Å². The normalized spacial score (nSPS) is 12.2. The van der Waals surface area contributed by atoms with Gasteiger partial charge in [0.1, 0.15) is 0 Å². The van der Waals surface area contributed by atoms with Gasteiger partial charge in [0, 0.05) is 16.7 Å². The molecule has 17 heavy (non-hydrogen) atoms. The number of rotatable bonds is 5. The van der Waals surface area contributed by atoms with Gasteiger partial charge in [-0.3, -0.25) is 4.79 Å². The zero-order valence-corrected chi connectivity index (χ0v) is 11.3. The monoisotopic (exact) mass is 300 g/mol. The Labute approximate surface area is 109 Å². The standard InChI is InChI=1S/C12H17BrN2O2/c1-2-3-9(16)7-15-12(17)10-5-4-8(13)6-11(10)14/h4-6,9,16H,2-3,7,14H2,1H3,(H,15,17). The summed E-state index contributed by atoms with van der Waals surface area (Å²) in [7, 11) is 0. The zero-order chi connectivity index (χ0) is 12.8. The van der Waals surface area contributed by atoms with E-state index in [1.54, 1.807) is 18.2 Å². The van der Waals surface area contributed by atoms with Crippen molar-refractivity contribution in [3.8, 4) is 0 Å². The molecular weight excluding hydrogens is 284 g/mol. The van der Waals surface area contributed by atoms with Crippen LogP contribution in [0, 0.1) is 0 Å². The fourth-order valence-corrected chi connectivity index (χ4v) is 1.86. The molecule has 1 rings (SSSR count). The van der Waals surface area contributed by atoms with Crippen LogP contribution < -0.4 is 11.1 Å². The van der Waals surface area contributed by atoms with Crippen LogP contribution in [0.25, 0.3) is 0 Å². The van der Waals surface area contributed by atoms with Gasteiger partial charge in [-0.1, -0.05) is 29.3 Å². The van der Waals surface area contributed by atoms with E-state index in [2.05, 4.69) is 21.2 Å². The summed E-state index contributed by atoms with van der Waals surface area (Å²) >= 11 is 3.28. The molecule has 4 nitrogen and oxygen atoms in total. The molecule has 0 aliphatic carbocycles. The number of anilines is 1. The first kappa shape index (κ1) is 14.0. The molecule has 0 saturated heterocycles. The first-order valence-electron chi connectivity index (χ1n) is 5.56. The van der Waals surface area contributed by atoms with Gasteiger partial charge >= 0.3 is 0 Å². The first-order valence-corrected chi connectivity index (χ1v) is 6.35. The summed E-state index contributed by atoms with van der Waals surface area (Å²) in [5.74, 6) is -0.259. The lowest BCUT2D eigenvalue weighted by Crippen LogP contribution is -2.32. The lowest BCUT2D eigenvalue weighted by molar-refractivity contribution is 0.0911. The summed E-state index contributed by atoms with van der Waals surface area (Å²) in [5, 5.41) is 12.2. The lowest BCUT2D eigenvalue weighted by atomic mass is 10.1. The third kappa shape index (κ3) is 4.36. The molecule has 0 aliphatic rings. The van der Waals surface area contributed by atoms with Gasteiger partial charge in [0.2, 0.25) is 0 Å². The molecule has 5 heteroatoms. The predicted molar refractivity (Wildman–Crippen MR) is 71.8 cm³/mol. The molecule has 0 aromatic heterocycles. The number of aliphatic hydroxyl groups excluding tert-OH is 1. The van der Waals surface area contributed by atoms with E-state index >= 15 is 0 Å². The average Bonchev–Trinajstić information content (AvgIpc) is 2.26. The Morgan fingerprint density at radius 1 is 1.59 bits per heavy atom. The van der Waals surface area contributed by atoms with Crippen LogP contribution in [0.15, 0.2) is 22.7 Å². The van der Waals surface area contributed by atoms with E-state index in [0.29, 0.717) is 17.7 Å². The van der Waals surface area contributed by atoms with Crippen molar-refractivity contribution >= 4 is 27.5 Å². The highest BCUT2D eigenvalue weighted by atomic mass is 79.9. The summed E-state index contributed by atoms with van der Waals surface area (Å²) in [4.78, 5) is 11.8. The topological polar surface area (TPSA) is 75.3 Å². The van der Waals surface area contributed by atoms with Crippen LogP contribution >= 0.6 is 15.9 Å². The fourth-order valence-electron chi connectivity index (χ4n) is 1.48. The van der Waals surface area contributed by atoms with Crippen LogP contribution in [0.5, 0.6) is 0 Å². The third-order valence-electron chi connectivity index (χ3n) is 2.38. The van der Waals surface area contributed by atoms with Crippen molar-refractivity contribution < 1.29 is 9.90 Å². The van der Waals surface area contributed by atoms with Gasteiger partial charge in [-0.05, 0) is 24.6 Å². The molecule has 1 amide bonds. The van der Waals surface area contributed by atoms with Crippen LogP contribution in [-0.4, -0.2) is 23.7 Å². The van der Waals surface area contributed by atoms with Crippen molar-refractivity contribution in [3.05, 3.63) is 28.2 Å². The predicted octanol–water partition coefficient (Wildman–Crippen LogP) is 1.92. The van der Waals surface area contributed by atoms with Gasteiger partial charge < -0.3 is 16.2 Å². The Morgan fingerprint density at radius 3 is 2.88 bits per heavy atom. The van der Waals surface area contributed by atoms with E-state index in [1.807, 2.05) is 6.92 Å². The van der Waals surface area contributed by atoms with Crippen LogP contribution in [0.3, 0.4) is 0 Å². The number of carbonyl (C=O) groups is 1. The van der Waals surface area contributed by atoms with E-state index in [0.717, 1.165) is 10.9 Å². The van der Waals surface area contributed by atoms with Gasteiger partial charge in [-0.15, -0.1) is 0 Å².